The Balaban J connectivity index is 1.47. The van der Waals surface area contributed by atoms with Crippen LogP contribution < -0.4 is 15.0 Å². The third-order valence-corrected chi connectivity index (χ3v) is 8.24. The lowest BCUT2D eigenvalue weighted by atomic mass is 10.2. The molecule has 1 atom stereocenters. The van der Waals surface area contributed by atoms with Crippen molar-refractivity contribution in [1.29, 1.82) is 0 Å². The second kappa shape index (κ2) is 8.58. The van der Waals surface area contributed by atoms with E-state index in [-0.39, 0.29) is 23.1 Å². The van der Waals surface area contributed by atoms with Gasteiger partial charge in [-0.25, -0.2) is 8.42 Å². The largest absolute Gasteiger partial charge is 0.495 e. The fraction of sp³-hybridized carbons (Fsp3) is 0.417. The van der Waals surface area contributed by atoms with E-state index in [2.05, 4.69) is 5.32 Å². The van der Waals surface area contributed by atoms with Crippen molar-refractivity contribution in [2.24, 2.45) is 5.92 Å². The number of amides is 2. The first-order chi connectivity index (χ1) is 15.2. The molecule has 8 heteroatoms. The monoisotopic (exact) mass is 456 g/mol. The van der Waals surface area contributed by atoms with Crippen LogP contribution in [0.1, 0.15) is 37.3 Å². The van der Waals surface area contributed by atoms with Crippen LogP contribution in [0.5, 0.6) is 5.75 Å². The lowest BCUT2D eigenvalue weighted by Crippen LogP contribution is -2.30. The number of hydrogen-bond acceptors (Lipinski definition) is 5. The number of fused-ring (bicyclic) bond motifs is 1. The zero-order chi connectivity index (χ0) is 23.0. The summed E-state index contributed by atoms with van der Waals surface area (Å²) in [5, 5.41) is 1.86. The molecular formula is C24H28N2O5S. The molecule has 4 rings (SSSR count). The van der Waals surface area contributed by atoms with Crippen molar-refractivity contribution in [2.45, 2.75) is 49.7 Å². The Kier molecular flexibility index (Phi) is 5.99. The summed E-state index contributed by atoms with van der Waals surface area (Å²) >= 11 is 0. The summed E-state index contributed by atoms with van der Waals surface area (Å²) in [7, 11) is -2.19. The highest BCUT2D eigenvalue weighted by molar-refractivity contribution is 7.92. The number of ether oxygens (including phenoxy) is 1. The van der Waals surface area contributed by atoms with E-state index in [0.717, 1.165) is 29.7 Å². The average Bonchev–Trinajstić information content (AvgIpc) is 3.52. The molecule has 0 aromatic heterocycles. The SMILES string of the molecule is COc1ccc(C)cc1NC(=O)CC(C)S(=O)(=O)c1ccc2c(c1)CCN2C(=O)C1CC1. The minimum Gasteiger partial charge on any atom is -0.495 e. The Morgan fingerprint density at radius 1 is 1.19 bits per heavy atom. The molecule has 2 aromatic carbocycles. The average molecular weight is 457 g/mol. The Bertz CT molecular complexity index is 1170. The number of carbonyl (C=O) groups excluding carboxylic acids is 2. The topological polar surface area (TPSA) is 92.8 Å². The van der Waals surface area contributed by atoms with E-state index in [1.165, 1.54) is 7.11 Å². The molecule has 0 spiro atoms. The third kappa shape index (κ3) is 4.37. The van der Waals surface area contributed by atoms with Crippen molar-refractivity contribution in [2.75, 3.05) is 23.9 Å². The predicted molar refractivity (Wildman–Crippen MR) is 123 cm³/mol. The maximum Gasteiger partial charge on any atom is 0.230 e. The Hall–Kier alpha value is -2.87. The van der Waals surface area contributed by atoms with E-state index >= 15 is 0 Å². The van der Waals surface area contributed by atoms with Crippen LogP contribution in [0.25, 0.3) is 0 Å². The molecule has 1 unspecified atom stereocenters. The summed E-state index contributed by atoms with van der Waals surface area (Å²) in [5.41, 5.74) is 3.13. The highest BCUT2D eigenvalue weighted by Crippen LogP contribution is 2.37. The molecule has 1 N–H and O–H groups in total. The molecule has 170 valence electrons. The molecule has 1 fully saturated rings. The van der Waals surface area contributed by atoms with Gasteiger partial charge in [0, 0.05) is 24.6 Å². The summed E-state index contributed by atoms with van der Waals surface area (Å²) in [4.78, 5) is 27.0. The van der Waals surface area contributed by atoms with E-state index in [1.54, 1.807) is 42.2 Å². The summed E-state index contributed by atoms with van der Waals surface area (Å²) in [6, 6.07) is 10.3. The first-order valence-electron chi connectivity index (χ1n) is 10.8. The fourth-order valence-electron chi connectivity index (χ4n) is 4.06. The van der Waals surface area contributed by atoms with Gasteiger partial charge in [-0.05, 0) is 74.6 Å². The minimum absolute atomic E-state index is 0.120. The minimum atomic E-state index is -3.71. The Labute approximate surface area is 188 Å². The normalized spacial score (nSPS) is 16.4. The van der Waals surface area contributed by atoms with Crippen LogP contribution >= 0.6 is 0 Å². The van der Waals surface area contributed by atoms with Crippen LogP contribution in [0.3, 0.4) is 0 Å². The van der Waals surface area contributed by atoms with Crippen LogP contribution in [-0.4, -0.2) is 39.1 Å². The quantitative estimate of drug-likeness (QED) is 0.688. The molecule has 1 saturated carbocycles. The lowest BCUT2D eigenvalue weighted by Gasteiger charge is -2.18. The van der Waals surface area contributed by atoms with E-state index in [4.69, 9.17) is 4.74 Å². The number of hydrogen-bond donors (Lipinski definition) is 1. The van der Waals surface area contributed by atoms with Crippen molar-refractivity contribution < 1.29 is 22.7 Å². The highest BCUT2D eigenvalue weighted by Gasteiger charge is 2.37. The summed E-state index contributed by atoms with van der Waals surface area (Å²) in [5.74, 6) is 0.376. The summed E-state index contributed by atoms with van der Waals surface area (Å²) in [6.07, 6.45) is 2.33. The second-order valence-corrected chi connectivity index (χ2v) is 11.0. The number of carbonyl (C=O) groups is 2. The van der Waals surface area contributed by atoms with Gasteiger partial charge in [-0.15, -0.1) is 0 Å². The fourth-order valence-corrected chi connectivity index (χ4v) is 5.46. The highest BCUT2D eigenvalue weighted by atomic mass is 32.2. The molecule has 0 radical (unpaired) electrons. The number of anilines is 2. The predicted octanol–water partition coefficient (Wildman–Crippen LogP) is 3.49. The Morgan fingerprint density at radius 2 is 1.94 bits per heavy atom. The molecule has 0 saturated heterocycles. The number of rotatable bonds is 7. The van der Waals surface area contributed by atoms with Crippen molar-refractivity contribution >= 4 is 33.0 Å². The lowest BCUT2D eigenvalue weighted by molar-refractivity contribution is -0.119. The molecule has 32 heavy (non-hydrogen) atoms. The number of sulfone groups is 1. The third-order valence-electron chi connectivity index (χ3n) is 6.10. The first-order valence-corrected chi connectivity index (χ1v) is 12.4. The van der Waals surface area contributed by atoms with E-state index in [0.29, 0.717) is 24.4 Å². The maximum atomic E-state index is 13.1. The van der Waals surface area contributed by atoms with Gasteiger partial charge >= 0.3 is 0 Å². The molecule has 0 bridgehead atoms. The van der Waals surface area contributed by atoms with Crippen LogP contribution in [0.15, 0.2) is 41.3 Å². The van der Waals surface area contributed by atoms with Gasteiger partial charge in [-0.3, -0.25) is 9.59 Å². The number of nitrogens with one attached hydrogen (secondary N) is 1. The smallest absolute Gasteiger partial charge is 0.230 e. The number of methoxy groups -OCH3 is 1. The summed E-state index contributed by atoms with van der Waals surface area (Å²) < 4.78 is 31.6. The van der Waals surface area contributed by atoms with E-state index in [9.17, 15) is 18.0 Å². The molecule has 1 heterocycles. The van der Waals surface area contributed by atoms with Crippen molar-refractivity contribution in [3.63, 3.8) is 0 Å². The standard InChI is InChI=1S/C24H28N2O5S/c1-15-4-9-22(31-3)20(12-15)25-23(27)13-16(2)32(29,30)19-7-8-21-18(14-19)10-11-26(21)24(28)17-5-6-17/h4,7-9,12,14,16-17H,5-6,10-11,13H2,1-3H3,(H,25,27). The van der Waals surface area contributed by atoms with Crippen LogP contribution in [0, 0.1) is 12.8 Å². The molecule has 2 aliphatic rings. The van der Waals surface area contributed by atoms with Gasteiger partial charge in [-0.2, -0.15) is 0 Å². The zero-order valence-electron chi connectivity index (χ0n) is 18.6. The van der Waals surface area contributed by atoms with Crippen LogP contribution in [-0.2, 0) is 25.8 Å². The van der Waals surface area contributed by atoms with E-state index in [1.807, 2.05) is 13.0 Å². The van der Waals surface area contributed by atoms with Crippen LogP contribution in [0.2, 0.25) is 0 Å². The van der Waals surface area contributed by atoms with Gasteiger partial charge in [0.2, 0.25) is 11.8 Å². The molecule has 1 aliphatic carbocycles. The molecule has 7 nitrogen and oxygen atoms in total. The molecule has 2 amide bonds. The molecule has 1 aliphatic heterocycles. The van der Waals surface area contributed by atoms with Gasteiger partial charge in [0.15, 0.2) is 9.84 Å². The van der Waals surface area contributed by atoms with Crippen LogP contribution in [0.4, 0.5) is 11.4 Å². The second-order valence-electron chi connectivity index (χ2n) is 8.62. The summed E-state index contributed by atoms with van der Waals surface area (Å²) in [6.45, 7) is 4.03. The zero-order valence-corrected chi connectivity index (χ0v) is 19.4. The number of benzene rings is 2. The van der Waals surface area contributed by atoms with Gasteiger partial charge in [0.05, 0.1) is 22.9 Å². The van der Waals surface area contributed by atoms with Crippen molar-refractivity contribution in [3.05, 3.63) is 47.5 Å². The first kappa shape index (κ1) is 22.3. The number of nitrogens with zero attached hydrogens (tertiary/aromatic N) is 1. The van der Waals surface area contributed by atoms with Gasteiger partial charge in [0.1, 0.15) is 5.75 Å². The van der Waals surface area contributed by atoms with Gasteiger partial charge in [-0.1, -0.05) is 6.07 Å². The molecule has 2 aromatic rings. The molecular weight excluding hydrogens is 428 g/mol. The number of aryl methyl sites for hydroxylation is 1. The van der Waals surface area contributed by atoms with Gasteiger partial charge < -0.3 is 15.0 Å². The van der Waals surface area contributed by atoms with Crippen molar-refractivity contribution in [3.8, 4) is 5.75 Å². The van der Waals surface area contributed by atoms with Gasteiger partial charge in [0.25, 0.3) is 0 Å². The Morgan fingerprint density at radius 3 is 2.62 bits per heavy atom. The van der Waals surface area contributed by atoms with E-state index < -0.39 is 21.0 Å². The maximum absolute atomic E-state index is 13.1. The van der Waals surface area contributed by atoms with Crippen molar-refractivity contribution in [1.82, 2.24) is 0 Å².